The van der Waals surface area contributed by atoms with E-state index in [9.17, 15) is 8.42 Å². The molecule has 4 rings (SSSR count). The van der Waals surface area contributed by atoms with Crippen LogP contribution in [0.15, 0.2) is 99.3 Å². The van der Waals surface area contributed by atoms with Gasteiger partial charge in [0.1, 0.15) is 0 Å². The van der Waals surface area contributed by atoms with Crippen LogP contribution in [0.4, 0.5) is 0 Å². The standard InChI is InChI=1S/C23H20ClN3O2S2/c1-30-23(26-31(28,29)20-14-12-19(24)13-15-20)27-16-21(17-8-4-2-5-9-17)22(25-27)18-10-6-3-7-11-18/h2-15,21H,16H2,1H3. The molecule has 0 aromatic heterocycles. The molecule has 0 aliphatic carbocycles. The van der Waals surface area contributed by atoms with Gasteiger partial charge in [-0.1, -0.05) is 84.0 Å². The highest BCUT2D eigenvalue weighted by molar-refractivity contribution is 8.13. The summed E-state index contributed by atoms with van der Waals surface area (Å²) >= 11 is 7.14. The molecule has 8 heteroatoms. The summed E-state index contributed by atoms with van der Waals surface area (Å²) in [7, 11) is -3.89. The van der Waals surface area contributed by atoms with Gasteiger partial charge in [0.05, 0.1) is 17.2 Å². The number of hydrazone groups is 1. The molecule has 3 aromatic rings. The van der Waals surface area contributed by atoms with E-state index in [0.717, 1.165) is 16.8 Å². The molecule has 158 valence electrons. The summed E-state index contributed by atoms with van der Waals surface area (Å²) in [6.07, 6.45) is 1.80. The number of sulfonamides is 1. The zero-order chi connectivity index (χ0) is 21.8. The number of hydrogen-bond donors (Lipinski definition) is 0. The zero-order valence-electron chi connectivity index (χ0n) is 16.7. The molecule has 0 spiro atoms. The predicted octanol–water partition coefficient (Wildman–Crippen LogP) is 5.25. The maximum atomic E-state index is 12.9. The number of hydrogen-bond acceptors (Lipinski definition) is 4. The Kier molecular flexibility index (Phi) is 6.46. The van der Waals surface area contributed by atoms with E-state index in [4.69, 9.17) is 16.7 Å². The van der Waals surface area contributed by atoms with Gasteiger partial charge >= 0.3 is 0 Å². The minimum absolute atomic E-state index is 0.000754. The molecule has 3 aromatic carbocycles. The van der Waals surface area contributed by atoms with Crippen molar-refractivity contribution in [2.75, 3.05) is 12.8 Å². The van der Waals surface area contributed by atoms with E-state index in [-0.39, 0.29) is 10.8 Å². The van der Waals surface area contributed by atoms with E-state index in [1.54, 1.807) is 11.3 Å². The van der Waals surface area contributed by atoms with Crippen LogP contribution in [0, 0.1) is 0 Å². The molecule has 0 fully saturated rings. The molecule has 0 saturated carbocycles. The molecule has 1 unspecified atom stereocenters. The molecule has 0 radical (unpaired) electrons. The van der Waals surface area contributed by atoms with Crippen LogP contribution in [-0.4, -0.2) is 37.1 Å². The summed E-state index contributed by atoms with van der Waals surface area (Å²) in [5.41, 5.74) is 3.01. The first-order valence-electron chi connectivity index (χ1n) is 9.59. The summed E-state index contributed by atoms with van der Waals surface area (Å²) in [5.74, 6) is -0.000754. The Labute approximate surface area is 191 Å². The minimum atomic E-state index is -3.89. The third kappa shape index (κ3) is 4.84. The number of thioether (sulfide) groups is 1. The molecule has 1 aliphatic heterocycles. The fourth-order valence-electron chi connectivity index (χ4n) is 3.39. The van der Waals surface area contributed by atoms with E-state index >= 15 is 0 Å². The summed E-state index contributed by atoms with van der Waals surface area (Å²) in [5, 5.41) is 7.26. The van der Waals surface area contributed by atoms with Crippen molar-refractivity contribution in [3.63, 3.8) is 0 Å². The number of rotatable bonds is 4. The Morgan fingerprint density at radius 3 is 2.23 bits per heavy atom. The Morgan fingerprint density at radius 1 is 1.00 bits per heavy atom. The van der Waals surface area contributed by atoms with Crippen molar-refractivity contribution in [2.24, 2.45) is 9.50 Å². The Bertz CT molecular complexity index is 1210. The monoisotopic (exact) mass is 469 g/mol. The fraction of sp³-hybridized carbons (Fsp3) is 0.130. The molecule has 1 heterocycles. The van der Waals surface area contributed by atoms with Gasteiger partial charge in [-0.15, -0.1) is 4.40 Å². The lowest BCUT2D eigenvalue weighted by Gasteiger charge is -2.17. The Hall–Kier alpha value is -2.61. The van der Waals surface area contributed by atoms with Crippen LogP contribution in [0.2, 0.25) is 5.02 Å². The first-order chi connectivity index (χ1) is 15.0. The van der Waals surface area contributed by atoms with Gasteiger partial charge in [0.15, 0.2) is 5.17 Å². The summed E-state index contributed by atoms with van der Waals surface area (Å²) in [6, 6.07) is 26.0. The summed E-state index contributed by atoms with van der Waals surface area (Å²) < 4.78 is 29.8. The van der Waals surface area contributed by atoms with Crippen LogP contribution >= 0.6 is 23.4 Å². The molecule has 0 bridgehead atoms. The van der Waals surface area contributed by atoms with Gasteiger partial charge in [0, 0.05) is 10.9 Å². The van der Waals surface area contributed by atoms with Crippen molar-refractivity contribution in [3.05, 3.63) is 101 Å². The second-order valence-electron chi connectivity index (χ2n) is 6.90. The highest BCUT2D eigenvalue weighted by atomic mass is 35.5. The lowest BCUT2D eigenvalue weighted by Crippen LogP contribution is -2.24. The smallest absolute Gasteiger partial charge is 0.240 e. The fourth-order valence-corrected chi connectivity index (χ4v) is 5.32. The lowest BCUT2D eigenvalue weighted by molar-refractivity contribution is 0.484. The van der Waals surface area contributed by atoms with E-state index in [0.29, 0.717) is 16.7 Å². The van der Waals surface area contributed by atoms with Crippen LogP contribution in [0.25, 0.3) is 0 Å². The topological polar surface area (TPSA) is 62.1 Å². The third-order valence-electron chi connectivity index (χ3n) is 4.90. The van der Waals surface area contributed by atoms with Crippen molar-refractivity contribution in [1.82, 2.24) is 5.01 Å². The van der Waals surface area contributed by atoms with Crippen molar-refractivity contribution < 1.29 is 8.42 Å². The van der Waals surface area contributed by atoms with Crippen LogP contribution in [-0.2, 0) is 10.0 Å². The molecule has 5 nitrogen and oxygen atoms in total. The van der Waals surface area contributed by atoms with Crippen LogP contribution in [0.3, 0.4) is 0 Å². The summed E-state index contributed by atoms with van der Waals surface area (Å²) in [6.45, 7) is 0.504. The van der Waals surface area contributed by atoms with Gasteiger partial charge < -0.3 is 0 Å². The van der Waals surface area contributed by atoms with Crippen molar-refractivity contribution in [1.29, 1.82) is 0 Å². The minimum Gasteiger partial charge on any atom is -0.240 e. The van der Waals surface area contributed by atoms with E-state index in [1.807, 2.05) is 48.5 Å². The SMILES string of the molecule is CSC(=NS(=O)(=O)c1ccc(Cl)cc1)N1CC(c2ccccc2)C(c2ccccc2)=N1. The maximum absolute atomic E-state index is 12.9. The number of nitrogens with zero attached hydrogens (tertiary/aromatic N) is 3. The molecule has 31 heavy (non-hydrogen) atoms. The van der Waals surface area contributed by atoms with Gasteiger partial charge in [-0.2, -0.15) is 13.5 Å². The molecular weight excluding hydrogens is 450 g/mol. The second-order valence-corrected chi connectivity index (χ2v) is 9.72. The van der Waals surface area contributed by atoms with E-state index in [2.05, 4.69) is 16.5 Å². The first kappa shape index (κ1) is 21.6. The zero-order valence-corrected chi connectivity index (χ0v) is 19.1. The van der Waals surface area contributed by atoms with Gasteiger partial charge in [-0.05, 0) is 41.6 Å². The summed E-state index contributed by atoms with van der Waals surface area (Å²) in [4.78, 5) is 0.0921. The lowest BCUT2D eigenvalue weighted by atomic mass is 9.91. The average Bonchev–Trinajstić information content (AvgIpc) is 3.24. The van der Waals surface area contributed by atoms with Gasteiger partial charge in [-0.25, -0.2) is 5.01 Å². The van der Waals surface area contributed by atoms with Crippen molar-refractivity contribution >= 4 is 44.3 Å². The molecule has 0 saturated heterocycles. The first-order valence-corrected chi connectivity index (χ1v) is 12.6. The predicted molar refractivity (Wildman–Crippen MR) is 128 cm³/mol. The number of halogens is 1. The van der Waals surface area contributed by atoms with Gasteiger partial charge in [0.2, 0.25) is 0 Å². The number of benzene rings is 3. The van der Waals surface area contributed by atoms with Crippen molar-refractivity contribution in [2.45, 2.75) is 10.8 Å². The van der Waals surface area contributed by atoms with Gasteiger partial charge in [0.25, 0.3) is 10.0 Å². The van der Waals surface area contributed by atoms with E-state index < -0.39 is 10.0 Å². The maximum Gasteiger partial charge on any atom is 0.284 e. The highest BCUT2D eigenvalue weighted by Crippen LogP contribution is 2.31. The van der Waals surface area contributed by atoms with Gasteiger partial charge in [-0.3, -0.25) is 0 Å². The molecule has 1 atom stereocenters. The largest absolute Gasteiger partial charge is 0.284 e. The third-order valence-corrected chi connectivity index (χ3v) is 7.21. The van der Waals surface area contributed by atoms with Crippen LogP contribution in [0.5, 0.6) is 0 Å². The highest BCUT2D eigenvalue weighted by Gasteiger charge is 2.32. The average molecular weight is 470 g/mol. The normalized spacial score (nSPS) is 17.0. The molecule has 0 amide bonds. The van der Waals surface area contributed by atoms with Crippen LogP contribution < -0.4 is 0 Å². The Balaban J connectivity index is 1.73. The molecular formula is C23H20ClN3O2S2. The Morgan fingerprint density at radius 2 is 1.61 bits per heavy atom. The molecule has 1 aliphatic rings. The van der Waals surface area contributed by atoms with E-state index in [1.165, 1.54) is 36.0 Å². The molecule has 0 N–H and O–H groups in total. The van der Waals surface area contributed by atoms with Crippen molar-refractivity contribution in [3.8, 4) is 0 Å². The second kappa shape index (κ2) is 9.26. The van der Waals surface area contributed by atoms with Crippen LogP contribution in [0.1, 0.15) is 17.0 Å². The number of amidine groups is 1. The quantitative estimate of drug-likeness (QED) is 0.386.